The summed E-state index contributed by atoms with van der Waals surface area (Å²) in [5, 5.41) is 3.73. The summed E-state index contributed by atoms with van der Waals surface area (Å²) in [7, 11) is 0. The van der Waals surface area contributed by atoms with Gasteiger partial charge in [0.2, 0.25) is 0 Å². The van der Waals surface area contributed by atoms with Crippen LogP contribution in [0.3, 0.4) is 0 Å². The van der Waals surface area contributed by atoms with Crippen LogP contribution in [-0.2, 0) is 10.3 Å². The molecule has 0 spiro atoms. The van der Waals surface area contributed by atoms with Gasteiger partial charge in [-0.15, -0.1) is 0 Å². The Hall–Kier alpha value is -1.43. The van der Waals surface area contributed by atoms with Gasteiger partial charge >= 0.3 is 0 Å². The van der Waals surface area contributed by atoms with Crippen molar-refractivity contribution in [1.82, 2.24) is 5.32 Å². The van der Waals surface area contributed by atoms with Gasteiger partial charge in [-0.05, 0) is 67.8 Å². The maximum Gasteiger partial charge on any atom is 0.123 e. The van der Waals surface area contributed by atoms with Crippen LogP contribution in [0, 0.1) is 5.82 Å². The summed E-state index contributed by atoms with van der Waals surface area (Å²) in [6, 6.07) is 14.6. The summed E-state index contributed by atoms with van der Waals surface area (Å²) in [6.45, 7) is 2.99. The van der Waals surface area contributed by atoms with E-state index in [1.807, 2.05) is 6.07 Å². The van der Waals surface area contributed by atoms with Gasteiger partial charge in [0, 0.05) is 23.2 Å². The molecule has 1 aliphatic rings. The maximum absolute atomic E-state index is 12.9. The van der Waals surface area contributed by atoms with E-state index in [1.165, 1.54) is 17.7 Å². The van der Waals surface area contributed by atoms with Gasteiger partial charge in [-0.2, -0.15) is 0 Å². The third-order valence-electron chi connectivity index (χ3n) is 4.59. The molecule has 1 fully saturated rings. The Morgan fingerprint density at radius 1 is 1.12 bits per heavy atom. The van der Waals surface area contributed by atoms with Crippen LogP contribution in [-0.4, -0.2) is 26.4 Å². The fraction of sp³-hybridized carbons (Fsp3) is 0.400. The molecule has 0 bridgehead atoms. The highest BCUT2D eigenvalue weighted by Gasteiger charge is 2.33. The average Bonchev–Trinajstić information content (AvgIpc) is 2.64. The van der Waals surface area contributed by atoms with E-state index in [4.69, 9.17) is 9.47 Å². The van der Waals surface area contributed by atoms with Crippen LogP contribution in [0.4, 0.5) is 4.39 Å². The molecule has 0 radical (unpaired) electrons. The van der Waals surface area contributed by atoms with Gasteiger partial charge in [0.15, 0.2) is 0 Å². The number of hydrogen-bond acceptors (Lipinski definition) is 3. The van der Waals surface area contributed by atoms with Crippen molar-refractivity contribution in [3.05, 3.63) is 64.4 Å². The highest BCUT2D eigenvalue weighted by molar-refractivity contribution is 9.10. The van der Waals surface area contributed by atoms with Crippen LogP contribution in [0.2, 0.25) is 0 Å². The summed E-state index contributed by atoms with van der Waals surface area (Å²) < 4.78 is 25.2. The molecule has 0 amide bonds. The molecule has 0 unspecified atom stereocenters. The maximum atomic E-state index is 12.9. The zero-order chi connectivity index (χ0) is 17.5. The van der Waals surface area contributed by atoms with E-state index >= 15 is 0 Å². The van der Waals surface area contributed by atoms with E-state index in [0.29, 0.717) is 12.4 Å². The number of halogens is 2. The van der Waals surface area contributed by atoms with E-state index in [0.717, 1.165) is 43.5 Å². The molecular weight excluding hydrogens is 385 g/mol. The molecule has 1 saturated heterocycles. The van der Waals surface area contributed by atoms with Crippen molar-refractivity contribution in [3.8, 4) is 5.75 Å². The van der Waals surface area contributed by atoms with E-state index in [-0.39, 0.29) is 11.4 Å². The number of hydrogen-bond donors (Lipinski definition) is 1. The molecule has 3 rings (SSSR count). The normalized spacial score (nSPS) is 16.6. The number of ether oxygens (including phenoxy) is 2. The van der Waals surface area contributed by atoms with Gasteiger partial charge in [0.25, 0.3) is 0 Å². The highest BCUT2D eigenvalue weighted by Crippen LogP contribution is 2.33. The topological polar surface area (TPSA) is 30.5 Å². The van der Waals surface area contributed by atoms with Gasteiger partial charge in [-0.3, -0.25) is 0 Å². The van der Waals surface area contributed by atoms with Gasteiger partial charge in [-0.25, -0.2) is 4.39 Å². The standard InChI is InChI=1S/C20H23BrFNO2/c21-17-4-1-3-16(15-17)20(9-13-24-14-10-20)23-11-2-12-25-19-7-5-18(22)6-8-19/h1,3-8,15,23H,2,9-14H2. The second-order valence-corrected chi connectivity index (χ2v) is 7.20. The SMILES string of the molecule is Fc1ccc(OCCCNC2(c3cccc(Br)c3)CCOCC2)cc1. The molecule has 1 heterocycles. The summed E-state index contributed by atoms with van der Waals surface area (Å²) in [5.74, 6) is 0.457. The zero-order valence-corrected chi connectivity index (χ0v) is 15.7. The number of nitrogens with one attached hydrogen (secondary N) is 1. The summed E-state index contributed by atoms with van der Waals surface area (Å²) >= 11 is 3.57. The molecule has 0 aromatic heterocycles. The lowest BCUT2D eigenvalue weighted by atomic mass is 9.82. The smallest absolute Gasteiger partial charge is 0.123 e. The van der Waals surface area contributed by atoms with Gasteiger partial charge in [0.1, 0.15) is 11.6 Å². The molecule has 0 aliphatic carbocycles. The second-order valence-electron chi connectivity index (χ2n) is 6.29. The van der Waals surface area contributed by atoms with Gasteiger partial charge < -0.3 is 14.8 Å². The van der Waals surface area contributed by atoms with E-state index in [1.54, 1.807) is 12.1 Å². The average molecular weight is 408 g/mol. The Morgan fingerprint density at radius 3 is 2.60 bits per heavy atom. The highest BCUT2D eigenvalue weighted by atomic mass is 79.9. The molecule has 0 atom stereocenters. The quantitative estimate of drug-likeness (QED) is 0.677. The molecule has 2 aromatic rings. The lowest BCUT2D eigenvalue weighted by Gasteiger charge is -2.39. The van der Waals surface area contributed by atoms with Crippen molar-refractivity contribution in [2.24, 2.45) is 0 Å². The minimum absolute atomic E-state index is 0.0437. The molecular formula is C20H23BrFNO2. The molecule has 1 N–H and O–H groups in total. The first-order valence-electron chi connectivity index (χ1n) is 8.65. The molecule has 1 aliphatic heterocycles. The lowest BCUT2D eigenvalue weighted by Crippen LogP contribution is -2.47. The predicted molar refractivity (Wildman–Crippen MR) is 100 cm³/mol. The monoisotopic (exact) mass is 407 g/mol. The van der Waals surface area contributed by atoms with Gasteiger partial charge in [0.05, 0.1) is 6.61 Å². The van der Waals surface area contributed by atoms with E-state index in [9.17, 15) is 4.39 Å². The summed E-state index contributed by atoms with van der Waals surface area (Å²) in [4.78, 5) is 0. The molecule has 134 valence electrons. The Morgan fingerprint density at radius 2 is 1.88 bits per heavy atom. The Labute approximate surface area is 156 Å². The first-order valence-corrected chi connectivity index (χ1v) is 9.44. The molecule has 0 saturated carbocycles. The Kier molecular flexibility index (Phi) is 6.45. The Bertz CT molecular complexity index is 672. The molecule has 5 heteroatoms. The fourth-order valence-corrected chi connectivity index (χ4v) is 3.59. The summed E-state index contributed by atoms with van der Waals surface area (Å²) in [5.41, 5.74) is 1.25. The largest absolute Gasteiger partial charge is 0.494 e. The molecule has 25 heavy (non-hydrogen) atoms. The molecule has 2 aromatic carbocycles. The third kappa shape index (κ3) is 5.03. The van der Waals surface area contributed by atoms with Crippen molar-refractivity contribution in [3.63, 3.8) is 0 Å². The van der Waals surface area contributed by atoms with Gasteiger partial charge in [-0.1, -0.05) is 28.1 Å². The van der Waals surface area contributed by atoms with Crippen LogP contribution < -0.4 is 10.1 Å². The third-order valence-corrected chi connectivity index (χ3v) is 5.08. The number of rotatable bonds is 7. The van der Waals surface area contributed by atoms with Crippen molar-refractivity contribution in [1.29, 1.82) is 0 Å². The van der Waals surface area contributed by atoms with Crippen molar-refractivity contribution in [2.75, 3.05) is 26.4 Å². The van der Waals surface area contributed by atoms with Crippen LogP contribution in [0.1, 0.15) is 24.8 Å². The van der Waals surface area contributed by atoms with Crippen LogP contribution in [0.5, 0.6) is 5.75 Å². The summed E-state index contributed by atoms with van der Waals surface area (Å²) in [6.07, 6.45) is 2.80. The Balaban J connectivity index is 1.53. The van der Waals surface area contributed by atoms with Crippen LogP contribution in [0.15, 0.2) is 53.0 Å². The van der Waals surface area contributed by atoms with E-state index in [2.05, 4.69) is 39.4 Å². The van der Waals surface area contributed by atoms with Crippen LogP contribution >= 0.6 is 15.9 Å². The first-order chi connectivity index (χ1) is 12.2. The minimum atomic E-state index is -0.246. The second kappa shape index (κ2) is 8.79. The van der Waals surface area contributed by atoms with Crippen molar-refractivity contribution >= 4 is 15.9 Å². The fourth-order valence-electron chi connectivity index (χ4n) is 3.19. The number of benzene rings is 2. The lowest BCUT2D eigenvalue weighted by molar-refractivity contribution is 0.0362. The minimum Gasteiger partial charge on any atom is -0.494 e. The molecule has 3 nitrogen and oxygen atoms in total. The van der Waals surface area contributed by atoms with Crippen molar-refractivity contribution in [2.45, 2.75) is 24.8 Å². The van der Waals surface area contributed by atoms with Crippen molar-refractivity contribution < 1.29 is 13.9 Å². The first kappa shape index (κ1) is 18.4. The predicted octanol–water partition coefficient (Wildman–Crippen LogP) is 4.65. The zero-order valence-electron chi connectivity index (χ0n) is 14.1. The van der Waals surface area contributed by atoms with E-state index < -0.39 is 0 Å². The van der Waals surface area contributed by atoms with Crippen LogP contribution in [0.25, 0.3) is 0 Å².